The number of aromatic nitrogens is 1. The number of thiazole rings is 1. The molecule has 1 aromatic heterocycles. The lowest BCUT2D eigenvalue weighted by Gasteiger charge is -2.25. The first-order valence-corrected chi connectivity index (χ1v) is 15.2. The van der Waals surface area contributed by atoms with Gasteiger partial charge in [-0.25, -0.2) is 13.6 Å². The predicted octanol–water partition coefficient (Wildman–Crippen LogP) is 6.63. The van der Waals surface area contributed by atoms with Crippen molar-refractivity contribution in [1.29, 1.82) is 0 Å². The molecule has 10 heteroatoms. The minimum atomic E-state index is -0.776. The van der Waals surface area contributed by atoms with Crippen molar-refractivity contribution in [3.05, 3.63) is 106 Å². The maximum atomic E-state index is 14.2. The summed E-state index contributed by atoms with van der Waals surface area (Å²) in [6.45, 7) is 2.68. The number of carbonyl (C=O) groups is 2. The summed E-state index contributed by atoms with van der Waals surface area (Å²) in [6, 6.07) is 15.9. The largest absolute Gasteiger partial charge is 0.467 e. The quantitative estimate of drug-likeness (QED) is 0.186. The van der Waals surface area contributed by atoms with E-state index in [4.69, 9.17) is 4.74 Å². The Morgan fingerprint density at radius 1 is 1.05 bits per heavy atom. The third-order valence-corrected chi connectivity index (χ3v) is 7.99. The summed E-state index contributed by atoms with van der Waals surface area (Å²) < 4.78 is 33.3. The topological polar surface area (TPSA) is 71.5 Å². The van der Waals surface area contributed by atoms with Gasteiger partial charge in [-0.15, -0.1) is 11.3 Å². The number of benzene rings is 3. The van der Waals surface area contributed by atoms with Gasteiger partial charge >= 0.3 is 5.97 Å². The second kappa shape index (κ2) is 14.2. The first-order chi connectivity index (χ1) is 19.8. The Bertz CT molecular complexity index is 1480. The van der Waals surface area contributed by atoms with Gasteiger partial charge in [0.05, 0.1) is 19.2 Å². The van der Waals surface area contributed by atoms with E-state index in [9.17, 15) is 18.4 Å². The molecule has 0 aliphatic heterocycles. The second-order valence-corrected chi connectivity index (χ2v) is 11.4. The van der Waals surface area contributed by atoms with Gasteiger partial charge < -0.3 is 15.0 Å². The van der Waals surface area contributed by atoms with Crippen molar-refractivity contribution in [3.8, 4) is 11.1 Å². The third kappa shape index (κ3) is 7.92. The third-order valence-electron chi connectivity index (χ3n) is 6.58. The van der Waals surface area contributed by atoms with Gasteiger partial charge in [0.25, 0.3) is 5.91 Å². The Labute approximate surface area is 246 Å². The first-order valence-electron chi connectivity index (χ1n) is 12.9. The number of rotatable bonds is 12. The number of anilines is 1. The van der Waals surface area contributed by atoms with Crippen LogP contribution in [0.2, 0.25) is 0 Å². The highest BCUT2D eigenvalue weighted by Crippen LogP contribution is 2.30. The molecule has 1 N–H and O–H groups in total. The van der Waals surface area contributed by atoms with Crippen molar-refractivity contribution in [2.75, 3.05) is 24.0 Å². The molecule has 1 atom stereocenters. The van der Waals surface area contributed by atoms with E-state index in [1.165, 1.54) is 30.6 Å². The van der Waals surface area contributed by atoms with Crippen LogP contribution < -0.4 is 10.2 Å². The number of hydrogen-bond acceptors (Lipinski definition) is 7. The molecule has 0 fully saturated rings. The van der Waals surface area contributed by atoms with Crippen LogP contribution in [0.25, 0.3) is 11.1 Å². The Morgan fingerprint density at radius 2 is 1.80 bits per heavy atom. The van der Waals surface area contributed by atoms with Crippen LogP contribution in [0.3, 0.4) is 0 Å². The molecule has 41 heavy (non-hydrogen) atoms. The number of aryl methyl sites for hydroxylation is 1. The number of thioether (sulfide) groups is 1. The van der Waals surface area contributed by atoms with Crippen LogP contribution in [0.5, 0.6) is 0 Å². The van der Waals surface area contributed by atoms with E-state index in [1.807, 2.05) is 54.5 Å². The Balaban J connectivity index is 1.73. The minimum absolute atomic E-state index is 0.320. The molecule has 214 valence electrons. The predicted molar refractivity (Wildman–Crippen MR) is 161 cm³/mol. The highest BCUT2D eigenvalue weighted by Gasteiger charge is 2.24. The summed E-state index contributed by atoms with van der Waals surface area (Å²) in [4.78, 5) is 32.9. The van der Waals surface area contributed by atoms with E-state index in [2.05, 4.69) is 10.3 Å². The molecule has 1 amide bonds. The molecular formula is C31H31F2N3O3S2. The maximum absolute atomic E-state index is 14.2. The average molecular weight is 596 g/mol. The molecule has 0 saturated heterocycles. The zero-order chi connectivity index (χ0) is 29.4. The zero-order valence-electron chi connectivity index (χ0n) is 23.0. The number of esters is 1. The molecule has 0 saturated carbocycles. The lowest BCUT2D eigenvalue weighted by molar-refractivity contribution is -0.142. The molecule has 4 rings (SSSR count). The maximum Gasteiger partial charge on any atom is 0.328 e. The summed E-state index contributed by atoms with van der Waals surface area (Å²) in [5.74, 6) is -1.53. The molecule has 3 aromatic carbocycles. The number of ether oxygens (including phenoxy) is 1. The molecule has 0 aliphatic rings. The zero-order valence-corrected chi connectivity index (χ0v) is 24.7. The minimum Gasteiger partial charge on any atom is -0.467 e. The molecule has 0 bridgehead atoms. The fourth-order valence-electron chi connectivity index (χ4n) is 4.54. The van der Waals surface area contributed by atoms with Crippen LogP contribution in [0.4, 0.5) is 14.5 Å². The van der Waals surface area contributed by atoms with Gasteiger partial charge in [0.1, 0.15) is 17.7 Å². The van der Waals surface area contributed by atoms with E-state index >= 15 is 0 Å². The second-order valence-electron chi connectivity index (χ2n) is 9.48. The summed E-state index contributed by atoms with van der Waals surface area (Å²) in [7, 11) is 1.30. The van der Waals surface area contributed by atoms with Gasteiger partial charge in [0.2, 0.25) is 0 Å². The molecule has 0 spiro atoms. The lowest BCUT2D eigenvalue weighted by Crippen LogP contribution is -2.42. The van der Waals surface area contributed by atoms with E-state index < -0.39 is 23.6 Å². The number of methoxy groups -OCH3 is 1. The number of hydrogen-bond donors (Lipinski definition) is 1. The fourth-order valence-corrected chi connectivity index (χ4v) is 5.62. The van der Waals surface area contributed by atoms with Crippen molar-refractivity contribution < 1.29 is 23.1 Å². The molecule has 1 heterocycles. The highest BCUT2D eigenvalue weighted by molar-refractivity contribution is 7.98. The molecule has 6 nitrogen and oxygen atoms in total. The Kier molecular flexibility index (Phi) is 10.5. The normalized spacial score (nSPS) is 11.6. The van der Waals surface area contributed by atoms with E-state index in [1.54, 1.807) is 29.5 Å². The average Bonchev–Trinajstić information content (AvgIpc) is 3.47. The molecule has 0 aliphatic carbocycles. The van der Waals surface area contributed by atoms with Crippen molar-refractivity contribution in [2.45, 2.75) is 32.5 Å². The summed E-state index contributed by atoms with van der Waals surface area (Å²) in [5, 5.41) is 2.85. The van der Waals surface area contributed by atoms with Crippen molar-refractivity contribution in [1.82, 2.24) is 10.3 Å². The van der Waals surface area contributed by atoms with E-state index in [-0.39, 0.29) is 5.91 Å². The van der Waals surface area contributed by atoms with Crippen LogP contribution in [0.15, 0.2) is 72.4 Å². The summed E-state index contributed by atoms with van der Waals surface area (Å²) in [6.07, 6.45) is 4.10. The van der Waals surface area contributed by atoms with Crippen molar-refractivity contribution in [3.63, 3.8) is 0 Å². The highest BCUT2D eigenvalue weighted by atomic mass is 32.2. The smallest absolute Gasteiger partial charge is 0.328 e. The monoisotopic (exact) mass is 595 g/mol. The Hall–Kier alpha value is -3.76. The van der Waals surface area contributed by atoms with Gasteiger partial charge in [-0.3, -0.25) is 9.78 Å². The van der Waals surface area contributed by atoms with E-state index in [0.717, 1.165) is 27.6 Å². The fraction of sp³-hybridized carbons (Fsp3) is 0.258. The number of halogens is 2. The molecule has 4 aromatic rings. The number of nitrogens with zero attached hydrogens (tertiary/aromatic N) is 2. The summed E-state index contributed by atoms with van der Waals surface area (Å²) >= 11 is 3.03. The van der Waals surface area contributed by atoms with E-state index in [0.29, 0.717) is 42.1 Å². The van der Waals surface area contributed by atoms with Crippen LogP contribution in [-0.4, -0.2) is 42.0 Å². The molecular weight excluding hydrogens is 564 g/mol. The number of amides is 1. The number of nitrogens with one attached hydrogen (secondary N) is 1. The van der Waals surface area contributed by atoms with Crippen LogP contribution in [-0.2, 0) is 22.6 Å². The van der Waals surface area contributed by atoms with Gasteiger partial charge in [-0.05, 0) is 71.9 Å². The number of carbonyl (C=O) groups excluding carboxylic acids is 2. The van der Waals surface area contributed by atoms with Crippen LogP contribution in [0, 0.1) is 18.6 Å². The van der Waals surface area contributed by atoms with Gasteiger partial charge in [0.15, 0.2) is 0 Å². The van der Waals surface area contributed by atoms with Crippen LogP contribution >= 0.6 is 23.1 Å². The van der Waals surface area contributed by atoms with Crippen molar-refractivity contribution in [2.24, 2.45) is 0 Å². The molecule has 0 radical (unpaired) electrons. The van der Waals surface area contributed by atoms with Gasteiger partial charge in [-0.1, -0.05) is 30.3 Å². The van der Waals surface area contributed by atoms with Crippen LogP contribution in [0.1, 0.15) is 32.8 Å². The van der Waals surface area contributed by atoms with Gasteiger partial charge in [-0.2, -0.15) is 11.8 Å². The lowest BCUT2D eigenvalue weighted by atomic mass is 9.93. The SMILES string of the molecule is COC(=O)C(CCSC)NC(=O)c1ccc(CN(Cc2cncs2)c2cc(F)cc(F)c2)cc1-c1ccccc1C. The van der Waals surface area contributed by atoms with Crippen molar-refractivity contribution >= 4 is 40.7 Å². The summed E-state index contributed by atoms with van der Waals surface area (Å²) in [5.41, 5.74) is 5.88. The molecule has 1 unspecified atom stereocenters. The first kappa shape index (κ1) is 30.2. The van der Waals surface area contributed by atoms with Gasteiger partial charge in [0, 0.05) is 34.9 Å². The standard InChI is InChI=1S/C31H31F2N3O3S2/c1-20-6-4-5-7-26(20)28-12-21(8-9-27(28)30(37)35-29(10-11-40-3)31(38)39-2)17-36(18-25-16-34-19-41-25)24-14-22(32)13-23(33)15-24/h4-9,12-16,19,29H,10-11,17-18H2,1-3H3,(H,35,37). The Morgan fingerprint density at radius 3 is 2.46 bits per heavy atom.